The number of fused-ring (bicyclic) bond motifs is 2. The highest BCUT2D eigenvalue weighted by molar-refractivity contribution is 7.50. The number of hydrogen-bond acceptors (Lipinski definition) is 5. The van der Waals surface area contributed by atoms with Crippen LogP contribution in [0.4, 0.5) is 11.4 Å². The van der Waals surface area contributed by atoms with Gasteiger partial charge in [0.2, 0.25) is 5.69 Å². The average Bonchev–Trinajstić information content (AvgIpc) is 3.35. The van der Waals surface area contributed by atoms with Crippen molar-refractivity contribution >= 4 is 25.4 Å². The van der Waals surface area contributed by atoms with E-state index in [0.29, 0.717) is 25.1 Å². The van der Waals surface area contributed by atoms with E-state index in [0.717, 1.165) is 32.1 Å². The van der Waals surface area contributed by atoms with Crippen LogP contribution < -0.4 is 4.90 Å². The zero-order valence-electron chi connectivity index (χ0n) is 28.8. The molecule has 2 aliphatic heterocycles. The highest BCUT2D eigenvalue weighted by atomic mass is 31.2. The number of benzene rings is 2. The minimum atomic E-state index is -0.824. The first-order valence-corrected chi connectivity index (χ1v) is 18.0. The molecule has 0 amide bonds. The van der Waals surface area contributed by atoms with Gasteiger partial charge in [-0.05, 0) is 65.7 Å². The molecular weight excluding hydrogens is 575 g/mol. The number of nitrogens with zero attached hydrogens (tertiary/aromatic N) is 4. The van der Waals surface area contributed by atoms with Crippen LogP contribution in [0.15, 0.2) is 72.5 Å². The summed E-state index contributed by atoms with van der Waals surface area (Å²) >= 11 is 0. The molecule has 1 N–H and O–H groups in total. The molecule has 0 fully saturated rings. The van der Waals surface area contributed by atoms with Crippen LogP contribution >= 0.6 is 8.30 Å². The van der Waals surface area contributed by atoms with Gasteiger partial charge in [-0.3, -0.25) is 4.67 Å². The lowest BCUT2D eigenvalue weighted by Gasteiger charge is -2.36. The van der Waals surface area contributed by atoms with Gasteiger partial charge in [0.15, 0.2) is 12.3 Å². The molecule has 0 saturated carbocycles. The van der Waals surface area contributed by atoms with E-state index in [1.54, 1.807) is 0 Å². The van der Waals surface area contributed by atoms with E-state index in [1.165, 1.54) is 33.9 Å². The molecule has 242 valence electrons. The number of hydrogen-bond donors (Lipinski definition) is 1. The Hall–Kier alpha value is -2.81. The summed E-state index contributed by atoms with van der Waals surface area (Å²) in [6, 6.07) is 20.5. The number of aliphatic hydroxyl groups is 1. The molecule has 0 saturated heterocycles. The molecule has 2 aliphatic rings. The Bertz CT molecular complexity index is 1440. The maximum absolute atomic E-state index is 9.62. The van der Waals surface area contributed by atoms with Crippen molar-refractivity contribution < 1.29 is 14.2 Å². The van der Waals surface area contributed by atoms with E-state index in [4.69, 9.17) is 4.52 Å². The van der Waals surface area contributed by atoms with Gasteiger partial charge in [-0.2, -0.15) is 9.84 Å². The first kappa shape index (κ1) is 35.1. The van der Waals surface area contributed by atoms with Crippen LogP contribution in [0.25, 0.3) is 0 Å². The molecule has 6 nitrogen and oxygen atoms in total. The van der Waals surface area contributed by atoms with Crippen LogP contribution in [0.5, 0.6) is 0 Å². The molecular formula is C38H54N4O2P+. The third-order valence-electron chi connectivity index (χ3n) is 9.14. The molecule has 0 bridgehead atoms. The second-order valence-corrected chi connectivity index (χ2v) is 15.6. The standard InChI is InChI=1S/C38H54N4O2P/c1-29(2)42(30(3)4)45(28-14-23-39)44-27-16-25-41-34-20-12-10-18-32(34)38(7,8)36(41)22-13-21-35-37(5,6)31-17-9-11-19-33(31)40(35)24-15-26-43/h9-13,17-22,29-30,43H,14-16,24-28H2,1-8H3/q+1. The smallest absolute Gasteiger partial charge is 0.209 e. The Kier molecular flexibility index (Phi) is 11.8. The van der Waals surface area contributed by atoms with Crippen molar-refractivity contribution in [1.29, 1.82) is 5.26 Å². The molecule has 2 aromatic rings. The second kappa shape index (κ2) is 15.2. The predicted octanol–water partition coefficient (Wildman–Crippen LogP) is 8.43. The van der Waals surface area contributed by atoms with Gasteiger partial charge in [0.1, 0.15) is 8.30 Å². The SMILES string of the molecule is CC(C)N(C(C)C)P(CCC#N)OCCC[N+]1=C(/C=C/C=C2\N(CCCO)c3ccccc3C2(C)C)C(C)(C)c2ccccc21. The van der Waals surface area contributed by atoms with Gasteiger partial charge in [0.25, 0.3) is 0 Å². The van der Waals surface area contributed by atoms with Gasteiger partial charge in [-0.25, -0.2) is 0 Å². The lowest BCUT2D eigenvalue weighted by atomic mass is 9.81. The highest BCUT2D eigenvalue weighted by Crippen LogP contribution is 2.48. The topological polar surface area (TPSA) is 62.7 Å². The van der Waals surface area contributed by atoms with Crippen molar-refractivity contribution in [3.8, 4) is 6.07 Å². The molecule has 1 unspecified atom stereocenters. The van der Waals surface area contributed by atoms with Crippen LogP contribution in [0.2, 0.25) is 0 Å². The van der Waals surface area contributed by atoms with Crippen LogP contribution in [0.3, 0.4) is 0 Å². The quantitative estimate of drug-likeness (QED) is 0.122. The third-order valence-corrected chi connectivity index (χ3v) is 11.7. The van der Waals surface area contributed by atoms with Crippen LogP contribution in [0, 0.1) is 11.3 Å². The van der Waals surface area contributed by atoms with Crippen LogP contribution in [-0.2, 0) is 15.4 Å². The lowest BCUT2D eigenvalue weighted by molar-refractivity contribution is -0.438. The summed E-state index contributed by atoms with van der Waals surface area (Å²) in [4.78, 5) is 2.38. The summed E-state index contributed by atoms with van der Waals surface area (Å²) in [5, 5.41) is 18.9. The first-order chi connectivity index (χ1) is 21.5. The average molecular weight is 630 g/mol. The molecule has 2 aromatic carbocycles. The van der Waals surface area contributed by atoms with Gasteiger partial charge < -0.3 is 14.5 Å². The van der Waals surface area contributed by atoms with Crippen LogP contribution in [0.1, 0.15) is 85.8 Å². The number of allylic oxidation sites excluding steroid dienone is 4. The molecule has 0 aromatic heterocycles. The Morgan fingerprint density at radius 2 is 1.64 bits per heavy atom. The monoisotopic (exact) mass is 629 g/mol. The van der Waals surface area contributed by atoms with E-state index in [1.807, 2.05) is 0 Å². The van der Waals surface area contributed by atoms with Crippen LogP contribution in [-0.4, -0.2) is 64.6 Å². The molecule has 45 heavy (non-hydrogen) atoms. The van der Waals surface area contributed by atoms with Crippen molar-refractivity contribution in [2.75, 3.05) is 37.4 Å². The van der Waals surface area contributed by atoms with Crippen molar-refractivity contribution in [2.45, 2.75) is 97.6 Å². The van der Waals surface area contributed by atoms with E-state index >= 15 is 0 Å². The number of para-hydroxylation sites is 2. The first-order valence-electron chi connectivity index (χ1n) is 16.6. The number of aliphatic hydroxyl groups excluding tert-OH is 1. The molecule has 0 aliphatic carbocycles. The maximum Gasteiger partial charge on any atom is 0.209 e. The van der Waals surface area contributed by atoms with Gasteiger partial charge in [-0.1, -0.05) is 56.3 Å². The Balaban J connectivity index is 1.60. The maximum atomic E-state index is 9.62. The largest absolute Gasteiger partial charge is 0.396 e. The summed E-state index contributed by atoms with van der Waals surface area (Å²) in [6.07, 6.45) is 9.74. The third kappa shape index (κ3) is 7.44. The molecule has 4 rings (SSSR count). The fourth-order valence-corrected chi connectivity index (χ4v) is 9.27. The predicted molar refractivity (Wildman–Crippen MR) is 190 cm³/mol. The summed E-state index contributed by atoms with van der Waals surface area (Å²) < 4.78 is 11.5. The minimum Gasteiger partial charge on any atom is -0.396 e. The van der Waals surface area contributed by atoms with Crippen molar-refractivity contribution in [3.63, 3.8) is 0 Å². The summed E-state index contributed by atoms with van der Waals surface area (Å²) in [7, 11) is -0.824. The second-order valence-electron chi connectivity index (χ2n) is 13.7. The van der Waals surface area contributed by atoms with E-state index in [2.05, 4.69) is 142 Å². The van der Waals surface area contributed by atoms with Gasteiger partial charge >= 0.3 is 0 Å². The number of rotatable bonds is 15. The van der Waals surface area contributed by atoms with E-state index < -0.39 is 8.30 Å². The van der Waals surface area contributed by atoms with E-state index in [-0.39, 0.29) is 17.4 Å². The zero-order valence-corrected chi connectivity index (χ0v) is 29.6. The normalized spacial score (nSPS) is 18.5. The fourth-order valence-electron chi connectivity index (χ4n) is 7.12. The molecule has 0 spiro atoms. The summed E-state index contributed by atoms with van der Waals surface area (Å²) in [5.41, 5.74) is 7.46. The summed E-state index contributed by atoms with van der Waals surface area (Å²) in [5.74, 6) is 0. The van der Waals surface area contributed by atoms with Gasteiger partial charge in [0.05, 0.1) is 18.1 Å². The molecule has 7 heteroatoms. The minimum absolute atomic E-state index is 0.129. The number of nitriles is 1. The molecule has 0 radical (unpaired) electrons. The lowest BCUT2D eigenvalue weighted by Crippen LogP contribution is -2.34. The van der Waals surface area contributed by atoms with Gasteiger partial charge in [0, 0.05) is 78.7 Å². The molecule has 2 heterocycles. The van der Waals surface area contributed by atoms with Crippen molar-refractivity contribution in [1.82, 2.24) is 4.67 Å². The number of anilines is 1. The fraction of sp³-hybridized carbons (Fsp3) is 0.526. The Labute approximate surface area is 273 Å². The van der Waals surface area contributed by atoms with Crippen molar-refractivity contribution in [3.05, 3.63) is 83.6 Å². The Morgan fingerprint density at radius 3 is 2.31 bits per heavy atom. The summed E-state index contributed by atoms with van der Waals surface area (Å²) in [6.45, 7) is 20.6. The van der Waals surface area contributed by atoms with Crippen molar-refractivity contribution in [2.24, 2.45) is 0 Å². The van der Waals surface area contributed by atoms with Gasteiger partial charge in [-0.15, -0.1) is 0 Å². The van der Waals surface area contributed by atoms with E-state index in [9.17, 15) is 10.4 Å². The highest BCUT2D eigenvalue weighted by Gasteiger charge is 2.44. The molecule has 1 atom stereocenters. The Morgan fingerprint density at radius 1 is 0.978 bits per heavy atom. The zero-order chi connectivity index (χ0) is 32.8.